The van der Waals surface area contributed by atoms with Gasteiger partial charge in [0.05, 0.1) is 18.8 Å². The van der Waals surface area contributed by atoms with Crippen molar-refractivity contribution in [1.82, 2.24) is 10.2 Å². The van der Waals surface area contributed by atoms with Crippen LogP contribution in [-0.4, -0.2) is 60.6 Å². The minimum absolute atomic E-state index is 0.110. The molecule has 2 saturated heterocycles. The molecule has 0 radical (unpaired) electrons. The molecule has 182 valence electrons. The summed E-state index contributed by atoms with van der Waals surface area (Å²) in [6.45, 7) is 6.89. The third-order valence-electron chi connectivity index (χ3n) is 6.41. The molecule has 2 fully saturated rings. The van der Waals surface area contributed by atoms with Gasteiger partial charge in [-0.2, -0.15) is 0 Å². The Morgan fingerprint density at radius 3 is 2.45 bits per heavy atom. The molecule has 0 aromatic heterocycles. The van der Waals surface area contributed by atoms with Crippen LogP contribution in [0.1, 0.15) is 76.1 Å². The summed E-state index contributed by atoms with van der Waals surface area (Å²) in [5, 5.41) is 5.96. The number of nitrogens with one attached hydrogen (secondary N) is 2. The van der Waals surface area contributed by atoms with Crippen LogP contribution in [0, 0.1) is 0 Å². The lowest BCUT2D eigenvalue weighted by molar-refractivity contribution is -0.143. The minimum Gasteiger partial charge on any atom is -0.493 e. The fourth-order valence-corrected chi connectivity index (χ4v) is 5.13. The number of esters is 1. The van der Waals surface area contributed by atoms with Gasteiger partial charge in [-0.15, -0.1) is 0 Å². The molecule has 2 unspecified atom stereocenters. The van der Waals surface area contributed by atoms with Crippen LogP contribution in [0.2, 0.25) is 0 Å². The number of nitrogens with zero attached hydrogens (tertiary/aromatic N) is 1. The molecule has 33 heavy (non-hydrogen) atoms. The fraction of sp³-hybridized carbons (Fsp3) is 0.640. The van der Waals surface area contributed by atoms with Crippen molar-refractivity contribution in [3.63, 3.8) is 0 Å². The molecule has 3 rings (SSSR count). The molecular weight excluding hydrogens is 422 g/mol. The van der Waals surface area contributed by atoms with Gasteiger partial charge in [0.2, 0.25) is 5.91 Å². The number of carbonyl (C=O) groups excluding carboxylic acids is 3. The van der Waals surface area contributed by atoms with Crippen molar-refractivity contribution in [3.8, 4) is 5.75 Å². The van der Waals surface area contributed by atoms with E-state index in [1.807, 2.05) is 13.8 Å². The van der Waals surface area contributed by atoms with Crippen LogP contribution in [0.25, 0.3) is 0 Å². The van der Waals surface area contributed by atoms with Gasteiger partial charge in [0.15, 0.2) is 0 Å². The maximum absolute atomic E-state index is 13.1. The van der Waals surface area contributed by atoms with Crippen LogP contribution in [0.3, 0.4) is 0 Å². The highest BCUT2D eigenvalue weighted by atomic mass is 16.5. The topological polar surface area (TPSA) is 97.0 Å². The quantitative estimate of drug-likeness (QED) is 0.520. The van der Waals surface area contributed by atoms with E-state index in [1.54, 1.807) is 18.2 Å². The second-order valence-electron chi connectivity index (χ2n) is 8.85. The smallest absolute Gasteiger partial charge is 0.305 e. The van der Waals surface area contributed by atoms with E-state index in [0.717, 1.165) is 38.6 Å². The predicted molar refractivity (Wildman–Crippen MR) is 126 cm³/mol. The fourth-order valence-electron chi connectivity index (χ4n) is 5.13. The highest BCUT2D eigenvalue weighted by Crippen LogP contribution is 2.34. The zero-order valence-corrected chi connectivity index (χ0v) is 20.0. The number of piperidine rings is 2. The Hall–Kier alpha value is -2.61. The molecule has 1 aromatic rings. The predicted octanol–water partition coefficient (Wildman–Crippen LogP) is 3.50. The van der Waals surface area contributed by atoms with Gasteiger partial charge in [-0.1, -0.05) is 6.42 Å². The molecule has 2 amide bonds. The largest absolute Gasteiger partial charge is 0.493 e. The Balaban J connectivity index is 1.60. The van der Waals surface area contributed by atoms with Gasteiger partial charge < -0.3 is 20.1 Å². The molecule has 2 aliphatic rings. The highest BCUT2D eigenvalue weighted by molar-refractivity contribution is 5.98. The van der Waals surface area contributed by atoms with Crippen LogP contribution < -0.4 is 15.4 Å². The average molecular weight is 460 g/mol. The van der Waals surface area contributed by atoms with E-state index in [4.69, 9.17) is 9.47 Å². The Bertz CT molecular complexity index is 829. The van der Waals surface area contributed by atoms with Gasteiger partial charge in [-0.25, -0.2) is 0 Å². The van der Waals surface area contributed by atoms with Gasteiger partial charge >= 0.3 is 5.97 Å². The molecule has 0 saturated carbocycles. The van der Waals surface area contributed by atoms with Crippen LogP contribution in [0.4, 0.5) is 5.69 Å². The molecule has 0 spiro atoms. The maximum Gasteiger partial charge on any atom is 0.305 e. The first-order chi connectivity index (χ1) is 15.9. The number of fused-ring (bicyclic) bond motifs is 2. The molecule has 2 atom stereocenters. The van der Waals surface area contributed by atoms with E-state index in [-0.39, 0.29) is 23.8 Å². The van der Waals surface area contributed by atoms with E-state index in [0.29, 0.717) is 48.7 Å². The van der Waals surface area contributed by atoms with Crippen LogP contribution in [0.15, 0.2) is 18.2 Å². The van der Waals surface area contributed by atoms with Crippen LogP contribution in [0.5, 0.6) is 5.75 Å². The number of hydrogen-bond donors (Lipinski definition) is 2. The van der Waals surface area contributed by atoms with Crippen molar-refractivity contribution in [1.29, 1.82) is 0 Å². The van der Waals surface area contributed by atoms with Crippen molar-refractivity contribution in [3.05, 3.63) is 23.8 Å². The third kappa shape index (κ3) is 6.93. The molecular formula is C25H37N3O5. The minimum atomic E-state index is -0.171. The molecule has 2 heterocycles. The van der Waals surface area contributed by atoms with Gasteiger partial charge in [-0.3, -0.25) is 19.3 Å². The number of hydrogen-bond acceptors (Lipinski definition) is 6. The summed E-state index contributed by atoms with van der Waals surface area (Å²) in [5.74, 6) is 0.0270. The SMILES string of the molecule is CCOC(=O)CCCN1C2CCCC1CC(NC(=O)c1ccc(NC(C)=O)cc1OCC)C2. The molecule has 2 N–H and O–H groups in total. The Morgan fingerprint density at radius 1 is 1.09 bits per heavy atom. The number of rotatable bonds is 10. The monoisotopic (exact) mass is 459 g/mol. The van der Waals surface area contributed by atoms with Crippen molar-refractivity contribution in [2.24, 2.45) is 0 Å². The van der Waals surface area contributed by atoms with Gasteiger partial charge in [-0.05, 0) is 64.6 Å². The molecule has 1 aromatic carbocycles. The Morgan fingerprint density at radius 2 is 1.82 bits per heavy atom. The summed E-state index contributed by atoms with van der Waals surface area (Å²) in [6, 6.07) is 6.09. The standard InChI is InChI=1S/C25H37N3O5/c1-4-32-23-16-18(26-17(3)29)11-12-22(23)25(31)27-19-14-20-8-6-9-21(15-19)28(20)13-7-10-24(30)33-5-2/h11-12,16,19-21H,4-10,13-15H2,1-3H3,(H,26,29)(H,27,31). The molecule has 2 aliphatic heterocycles. The van der Waals surface area contributed by atoms with Crippen molar-refractivity contribution in [2.45, 2.75) is 83.8 Å². The van der Waals surface area contributed by atoms with Gasteiger partial charge in [0, 0.05) is 43.2 Å². The summed E-state index contributed by atoms with van der Waals surface area (Å²) in [7, 11) is 0. The number of carbonyl (C=O) groups is 3. The lowest BCUT2D eigenvalue weighted by Gasteiger charge is -2.49. The summed E-state index contributed by atoms with van der Waals surface area (Å²) >= 11 is 0. The lowest BCUT2D eigenvalue weighted by Crippen LogP contribution is -2.57. The average Bonchev–Trinajstić information content (AvgIpc) is 2.74. The Labute approximate surface area is 196 Å². The van der Waals surface area contributed by atoms with E-state index in [2.05, 4.69) is 15.5 Å². The summed E-state index contributed by atoms with van der Waals surface area (Å²) in [6.07, 6.45) is 6.55. The van der Waals surface area contributed by atoms with Gasteiger partial charge in [0.1, 0.15) is 5.75 Å². The molecule has 0 aliphatic carbocycles. The number of benzene rings is 1. The first kappa shape index (κ1) is 25.0. The summed E-state index contributed by atoms with van der Waals surface area (Å²) < 4.78 is 10.7. The summed E-state index contributed by atoms with van der Waals surface area (Å²) in [5.41, 5.74) is 1.08. The highest BCUT2D eigenvalue weighted by Gasteiger charge is 2.38. The van der Waals surface area contributed by atoms with Crippen molar-refractivity contribution >= 4 is 23.5 Å². The third-order valence-corrected chi connectivity index (χ3v) is 6.41. The normalized spacial score (nSPS) is 22.3. The van der Waals surface area contributed by atoms with Crippen molar-refractivity contribution in [2.75, 3.05) is 25.1 Å². The molecule has 8 heteroatoms. The van der Waals surface area contributed by atoms with Crippen LogP contribution in [-0.2, 0) is 14.3 Å². The van der Waals surface area contributed by atoms with E-state index in [9.17, 15) is 14.4 Å². The maximum atomic E-state index is 13.1. The zero-order chi connectivity index (χ0) is 23.8. The zero-order valence-electron chi connectivity index (χ0n) is 20.0. The van der Waals surface area contributed by atoms with Gasteiger partial charge in [0.25, 0.3) is 5.91 Å². The summed E-state index contributed by atoms with van der Waals surface area (Å²) in [4.78, 5) is 38.7. The first-order valence-electron chi connectivity index (χ1n) is 12.2. The van der Waals surface area contributed by atoms with Crippen LogP contribution >= 0.6 is 0 Å². The number of ether oxygens (including phenoxy) is 2. The second kappa shape index (κ2) is 12.0. The van der Waals surface area contributed by atoms with E-state index < -0.39 is 0 Å². The Kier molecular flexibility index (Phi) is 9.11. The number of amides is 2. The lowest BCUT2D eigenvalue weighted by atomic mass is 9.81. The van der Waals surface area contributed by atoms with E-state index >= 15 is 0 Å². The van der Waals surface area contributed by atoms with Crippen molar-refractivity contribution < 1.29 is 23.9 Å². The van der Waals surface area contributed by atoms with E-state index in [1.165, 1.54) is 13.3 Å². The molecule has 2 bridgehead atoms. The first-order valence-corrected chi connectivity index (χ1v) is 12.2. The number of anilines is 1. The second-order valence-corrected chi connectivity index (χ2v) is 8.85. The molecule has 8 nitrogen and oxygen atoms in total.